The zero-order valence-corrected chi connectivity index (χ0v) is 9.35. The van der Waals surface area contributed by atoms with Gasteiger partial charge in [0, 0.05) is 18.3 Å². The third-order valence-electron chi connectivity index (χ3n) is 2.57. The fraction of sp³-hybridized carbons (Fsp3) is 0.750. The highest BCUT2D eigenvalue weighted by Crippen LogP contribution is 2.18. The van der Waals surface area contributed by atoms with Gasteiger partial charge in [-0.15, -0.1) is 0 Å². The van der Waals surface area contributed by atoms with Crippen molar-refractivity contribution in [3.8, 4) is 0 Å². The van der Waals surface area contributed by atoms with E-state index < -0.39 is 0 Å². The first kappa shape index (κ1) is 14.0. The summed E-state index contributed by atoms with van der Waals surface area (Å²) < 4.78 is 0. The lowest BCUT2D eigenvalue weighted by Crippen LogP contribution is -2.12. The zero-order valence-electron chi connectivity index (χ0n) is 9.35. The van der Waals surface area contributed by atoms with Gasteiger partial charge in [-0.2, -0.15) is 0 Å². The van der Waals surface area contributed by atoms with E-state index in [1.54, 1.807) is 0 Å². The molecule has 0 saturated heterocycles. The maximum atomic E-state index is 10.8. The van der Waals surface area contributed by atoms with Crippen molar-refractivity contribution in [1.29, 1.82) is 0 Å². The molecule has 0 aliphatic heterocycles. The molecule has 2 atom stereocenters. The molecule has 0 aromatic carbocycles. The summed E-state index contributed by atoms with van der Waals surface area (Å²) >= 11 is 0. The molecular formula is C12H20O3. The Balaban J connectivity index is 3.93. The largest absolute Gasteiger partial charge is 0.303 e. The molecule has 0 saturated carbocycles. The van der Waals surface area contributed by atoms with Gasteiger partial charge in [0.05, 0.1) is 0 Å². The molecule has 0 aromatic rings. The van der Waals surface area contributed by atoms with Crippen molar-refractivity contribution in [2.45, 2.75) is 45.4 Å². The second kappa shape index (κ2) is 9.56. The van der Waals surface area contributed by atoms with Crippen LogP contribution >= 0.6 is 0 Å². The Morgan fingerprint density at radius 1 is 1.00 bits per heavy atom. The molecule has 0 aliphatic carbocycles. The van der Waals surface area contributed by atoms with Gasteiger partial charge in [0.2, 0.25) is 0 Å². The highest BCUT2D eigenvalue weighted by atomic mass is 16.1. The van der Waals surface area contributed by atoms with Crippen molar-refractivity contribution in [3.05, 3.63) is 0 Å². The van der Waals surface area contributed by atoms with E-state index in [2.05, 4.69) is 6.92 Å². The Morgan fingerprint density at radius 2 is 1.60 bits per heavy atom. The van der Waals surface area contributed by atoms with Crippen molar-refractivity contribution in [3.63, 3.8) is 0 Å². The molecule has 0 fully saturated rings. The molecule has 0 rings (SSSR count). The predicted octanol–water partition coefficient (Wildman–Crippen LogP) is 2.18. The molecule has 0 radical (unpaired) electrons. The first-order valence-electron chi connectivity index (χ1n) is 5.62. The molecular weight excluding hydrogens is 192 g/mol. The van der Waals surface area contributed by atoms with Crippen LogP contribution in [0, 0.1) is 11.8 Å². The van der Waals surface area contributed by atoms with Gasteiger partial charge < -0.3 is 14.4 Å². The standard InChI is InChI=1S/C12H20O3/c1-2-3-5-11(9-14)8-12(10-15)6-4-7-13/h7,9-12H,2-6,8H2,1H3. The Hall–Kier alpha value is -0.990. The van der Waals surface area contributed by atoms with E-state index >= 15 is 0 Å². The molecule has 0 bridgehead atoms. The van der Waals surface area contributed by atoms with Crippen LogP contribution in [0.2, 0.25) is 0 Å². The van der Waals surface area contributed by atoms with E-state index in [-0.39, 0.29) is 11.8 Å². The third-order valence-corrected chi connectivity index (χ3v) is 2.57. The van der Waals surface area contributed by atoms with Crippen LogP contribution in [0.3, 0.4) is 0 Å². The molecule has 3 nitrogen and oxygen atoms in total. The van der Waals surface area contributed by atoms with Gasteiger partial charge in [-0.3, -0.25) is 0 Å². The number of rotatable bonds is 10. The van der Waals surface area contributed by atoms with Crippen LogP contribution in [0.1, 0.15) is 45.4 Å². The highest BCUT2D eigenvalue weighted by Gasteiger charge is 2.14. The maximum Gasteiger partial charge on any atom is 0.123 e. The average molecular weight is 212 g/mol. The van der Waals surface area contributed by atoms with E-state index in [9.17, 15) is 14.4 Å². The summed E-state index contributed by atoms with van der Waals surface area (Å²) in [5.74, 6) is -0.158. The van der Waals surface area contributed by atoms with Crippen molar-refractivity contribution in [2.75, 3.05) is 0 Å². The summed E-state index contributed by atoms with van der Waals surface area (Å²) in [7, 11) is 0. The summed E-state index contributed by atoms with van der Waals surface area (Å²) in [5.41, 5.74) is 0. The van der Waals surface area contributed by atoms with Gasteiger partial charge in [-0.25, -0.2) is 0 Å². The number of hydrogen-bond acceptors (Lipinski definition) is 3. The van der Waals surface area contributed by atoms with Crippen LogP contribution in [0.25, 0.3) is 0 Å². The maximum absolute atomic E-state index is 10.8. The fourth-order valence-electron chi connectivity index (χ4n) is 1.62. The molecule has 2 unspecified atom stereocenters. The molecule has 0 amide bonds. The Labute approximate surface area is 91.2 Å². The second-order valence-corrected chi connectivity index (χ2v) is 3.91. The van der Waals surface area contributed by atoms with Gasteiger partial charge in [0.1, 0.15) is 18.9 Å². The van der Waals surface area contributed by atoms with Crippen molar-refractivity contribution >= 4 is 18.9 Å². The minimum atomic E-state index is -0.137. The SMILES string of the molecule is CCCCC(C=O)CC(C=O)CCC=O. The highest BCUT2D eigenvalue weighted by molar-refractivity contribution is 5.59. The Bertz CT molecular complexity index is 189. The molecule has 0 spiro atoms. The normalized spacial score (nSPS) is 14.2. The summed E-state index contributed by atoms with van der Waals surface area (Å²) in [6.07, 6.45) is 7.13. The molecule has 0 aliphatic rings. The molecule has 0 N–H and O–H groups in total. The summed E-state index contributed by atoms with van der Waals surface area (Å²) in [6, 6.07) is 0. The van der Waals surface area contributed by atoms with Crippen LogP contribution in [-0.4, -0.2) is 18.9 Å². The second-order valence-electron chi connectivity index (χ2n) is 3.91. The van der Waals surface area contributed by atoms with E-state index in [1.165, 1.54) is 0 Å². The predicted molar refractivity (Wildman–Crippen MR) is 58.5 cm³/mol. The quantitative estimate of drug-likeness (QED) is 0.521. The zero-order chi connectivity index (χ0) is 11.5. The van der Waals surface area contributed by atoms with Crippen molar-refractivity contribution < 1.29 is 14.4 Å². The van der Waals surface area contributed by atoms with Crippen LogP contribution < -0.4 is 0 Å². The summed E-state index contributed by atoms with van der Waals surface area (Å²) in [6.45, 7) is 2.07. The van der Waals surface area contributed by atoms with Gasteiger partial charge in [-0.1, -0.05) is 19.8 Å². The lowest BCUT2D eigenvalue weighted by Gasteiger charge is -2.13. The first-order chi connectivity index (χ1) is 7.28. The lowest BCUT2D eigenvalue weighted by atomic mass is 9.90. The molecule has 86 valence electrons. The van der Waals surface area contributed by atoms with E-state index in [1.807, 2.05) is 0 Å². The minimum Gasteiger partial charge on any atom is -0.303 e. The number of hydrogen-bond donors (Lipinski definition) is 0. The van der Waals surface area contributed by atoms with E-state index in [0.29, 0.717) is 19.3 Å². The lowest BCUT2D eigenvalue weighted by molar-refractivity contribution is -0.114. The monoisotopic (exact) mass is 212 g/mol. The summed E-state index contributed by atoms with van der Waals surface area (Å²) in [4.78, 5) is 31.6. The van der Waals surface area contributed by atoms with Crippen LogP contribution in [0.15, 0.2) is 0 Å². The van der Waals surface area contributed by atoms with Crippen molar-refractivity contribution in [1.82, 2.24) is 0 Å². The number of aldehydes is 3. The number of carbonyl (C=O) groups excluding carboxylic acids is 3. The van der Waals surface area contributed by atoms with E-state index in [0.717, 1.165) is 38.1 Å². The van der Waals surface area contributed by atoms with Crippen LogP contribution in [-0.2, 0) is 14.4 Å². The van der Waals surface area contributed by atoms with Crippen LogP contribution in [0.5, 0.6) is 0 Å². The molecule has 3 heteroatoms. The fourth-order valence-corrected chi connectivity index (χ4v) is 1.62. The molecule has 0 aromatic heterocycles. The Kier molecular flexibility index (Phi) is 8.93. The summed E-state index contributed by atoms with van der Waals surface area (Å²) in [5, 5.41) is 0. The topological polar surface area (TPSA) is 51.2 Å². The number of carbonyl (C=O) groups is 3. The van der Waals surface area contributed by atoms with Gasteiger partial charge in [0.15, 0.2) is 0 Å². The average Bonchev–Trinajstić information content (AvgIpc) is 2.28. The smallest absolute Gasteiger partial charge is 0.123 e. The van der Waals surface area contributed by atoms with Crippen molar-refractivity contribution in [2.24, 2.45) is 11.8 Å². The molecule has 15 heavy (non-hydrogen) atoms. The minimum absolute atomic E-state index is 0.0215. The van der Waals surface area contributed by atoms with Crippen LogP contribution in [0.4, 0.5) is 0 Å². The van der Waals surface area contributed by atoms with Gasteiger partial charge in [-0.05, 0) is 19.3 Å². The van der Waals surface area contributed by atoms with E-state index in [4.69, 9.17) is 0 Å². The first-order valence-corrected chi connectivity index (χ1v) is 5.62. The number of unbranched alkanes of at least 4 members (excludes halogenated alkanes) is 1. The Morgan fingerprint density at radius 3 is 2.07 bits per heavy atom. The van der Waals surface area contributed by atoms with Gasteiger partial charge in [0.25, 0.3) is 0 Å². The van der Waals surface area contributed by atoms with Gasteiger partial charge >= 0.3 is 0 Å². The third kappa shape index (κ3) is 7.00. The molecule has 0 heterocycles.